The lowest BCUT2D eigenvalue weighted by molar-refractivity contribution is 0.297. The first kappa shape index (κ1) is 12.8. The Labute approximate surface area is 126 Å². The molecule has 2 fully saturated rings. The van der Waals surface area contributed by atoms with E-state index in [2.05, 4.69) is 9.55 Å². The fourth-order valence-corrected chi connectivity index (χ4v) is 4.61. The molecule has 0 spiro atoms. The van der Waals surface area contributed by atoms with Gasteiger partial charge in [-0.25, -0.2) is 4.39 Å². The Balaban J connectivity index is 1.74. The lowest BCUT2D eigenvalue weighted by Gasteiger charge is -2.22. The molecule has 2 aliphatic carbocycles. The maximum atomic E-state index is 13.5. The zero-order valence-corrected chi connectivity index (χ0v) is 12.6. The minimum Gasteiger partial charge on any atom is -0.330 e. The van der Waals surface area contributed by atoms with Gasteiger partial charge in [-0.15, -0.1) is 0 Å². The van der Waals surface area contributed by atoms with Crippen molar-refractivity contribution in [3.63, 3.8) is 0 Å². The van der Waals surface area contributed by atoms with E-state index in [0.29, 0.717) is 10.7 Å². The number of imidazole rings is 1. The highest BCUT2D eigenvalue weighted by Crippen LogP contribution is 2.49. The van der Waals surface area contributed by atoms with E-state index in [-0.39, 0.29) is 5.02 Å². The number of hydrogen-bond acceptors (Lipinski definition) is 1. The molecule has 5 heteroatoms. The molecule has 1 heterocycles. The van der Waals surface area contributed by atoms with Crippen LogP contribution in [0.25, 0.3) is 11.0 Å². The summed E-state index contributed by atoms with van der Waals surface area (Å²) in [6.45, 7) is 0.933. The van der Waals surface area contributed by atoms with Gasteiger partial charge < -0.3 is 9.55 Å². The molecule has 3 unspecified atom stereocenters. The second-order valence-corrected chi connectivity index (χ2v) is 7.05. The molecule has 106 valence electrons. The van der Waals surface area contributed by atoms with Crippen LogP contribution in [0.1, 0.15) is 25.7 Å². The number of H-pyrrole nitrogens is 1. The van der Waals surface area contributed by atoms with Crippen molar-refractivity contribution < 1.29 is 4.39 Å². The van der Waals surface area contributed by atoms with E-state index in [1.54, 1.807) is 6.07 Å². The quantitative estimate of drug-likeness (QED) is 0.780. The van der Waals surface area contributed by atoms with Gasteiger partial charge in [-0.05, 0) is 55.3 Å². The van der Waals surface area contributed by atoms with Gasteiger partial charge in [-0.1, -0.05) is 18.0 Å². The summed E-state index contributed by atoms with van der Waals surface area (Å²) in [5.41, 5.74) is 1.66. The third-order valence-electron chi connectivity index (χ3n) is 5.12. The fourth-order valence-electron chi connectivity index (χ4n) is 4.17. The van der Waals surface area contributed by atoms with Gasteiger partial charge in [0.05, 0.1) is 16.1 Å². The number of rotatable bonds is 2. The highest BCUT2D eigenvalue weighted by molar-refractivity contribution is 7.71. The summed E-state index contributed by atoms with van der Waals surface area (Å²) in [5, 5.41) is 0.160. The standard InChI is InChI=1S/C15H16ClFN2S/c16-11-5-14-13(6-12(11)17)18-15(20)19(14)7-10-4-8-1-2-9(10)3-8/h5-6,8-10H,1-4,7H2,(H,18,20). The molecular formula is C15H16ClFN2S. The summed E-state index contributed by atoms with van der Waals surface area (Å²) in [6.07, 6.45) is 5.46. The molecule has 0 aliphatic heterocycles. The topological polar surface area (TPSA) is 20.7 Å². The van der Waals surface area contributed by atoms with Crippen molar-refractivity contribution in [2.75, 3.05) is 0 Å². The smallest absolute Gasteiger partial charge is 0.178 e. The summed E-state index contributed by atoms with van der Waals surface area (Å²) in [5.74, 6) is 2.08. The molecule has 2 bridgehead atoms. The first-order valence-corrected chi connectivity index (χ1v) is 7.98. The van der Waals surface area contributed by atoms with E-state index in [4.69, 9.17) is 23.8 Å². The molecule has 1 N–H and O–H groups in total. The number of nitrogens with one attached hydrogen (secondary N) is 1. The molecule has 0 radical (unpaired) electrons. The Morgan fingerprint density at radius 3 is 2.90 bits per heavy atom. The van der Waals surface area contributed by atoms with Crippen LogP contribution < -0.4 is 0 Å². The number of aromatic amines is 1. The van der Waals surface area contributed by atoms with Crippen molar-refractivity contribution in [3.05, 3.63) is 27.7 Å². The zero-order chi connectivity index (χ0) is 13.9. The molecule has 1 aromatic heterocycles. The van der Waals surface area contributed by atoms with E-state index in [0.717, 1.165) is 29.4 Å². The maximum Gasteiger partial charge on any atom is 0.178 e. The summed E-state index contributed by atoms with van der Waals surface area (Å²) < 4.78 is 16.3. The monoisotopic (exact) mass is 310 g/mol. The number of hydrogen-bond donors (Lipinski definition) is 1. The number of nitrogens with zero attached hydrogens (tertiary/aromatic N) is 1. The molecule has 2 saturated carbocycles. The van der Waals surface area contributed by atoms with Gasteiger partial charge in [-0.3, -0.25) is 0 Å². The Kier molecular flexibility index (Phi) is 2.93. The second-order valence-electron chi connectivity index (χ2n) is 6.26. The molecule has 0 saturated heterocycles. The fraction of sp³-hybridized carbons (Fsp3) is 0.533. The Morgan fingerprint density at radius 1 is 1.35 bits per heavy atom. The van der Waals surface area contributed by atoms with Gasteiger partial charge in [0, 0.05) is 12.6 Å². The van der Waals surface area contributed by atoms with E-state index >= 15 is 0 Å². The third kappa shape index (κ3) is 1.92. The number of halogens is 2. The second kappa shape index (κ2) is 4.57. The zero-order valence-electron chi connectivity index (χ0n) is 11.0. The molecular weight excluding hydrogens is 295 g/mol. The molecule has 2 aromatic rings. The van der Waals surface area contributed by atoms with Crippen molar-refractivity contribution in [1.29, 1.82) is 0 Å². The minimum atomic E-state index is -0.400. The summed E-state index contributed by atoms with van der Waals surface area (Å²) in [6, 6.07) is 3.12. The van der Waals surface area contributed by atoms with E-state index < -0.39 is 5.82 Å². The van der Waals surface area contributed by atoms with Crippen LogP contribution >= 0.6 is 23.8 Å². The predicted molar refractivity (Wildman–Crippen MR) is 81.0 cm³/mol. The summed E-state index contributed by atoms with van der Waals surface area (Å²) in [4.78, 5) is 3.09. The van der Waals surface area contributed by atoms with Gasteiger partial charge in [0.15, 0.2) is 4.77 Å². The molecule has 3 atom stereocenters. The molecule has 4 rings (SSSR count). The van der Waals surface area contributed by atoms with Crippen LogP contribution in [0.3, 0.4) is 0 Å². The maximum absolute atomic E-state index is 13.5. The predicted octanol–water partition coefficient (Wildman–Crippen LogP) is 4.93. The molecule has 0 amide bonds. The average Bonchev–Trinajstić information content (AvgIpc) is 3.08. The molecule has 2 aliphatic rings. The van der Waals surface area contributed by atoms with E-state index in [9.17, 15) is 4.39 Å². The largest absolute Gasteiger partial charge is 0.330 e. The average molecular weight is 311 g/mol. The van der Waals surface area contributed by atoms with Crippen molar-refractivity contribution in [3.8, 4) is 0 Å². The van der Waals surface area contributed by atoms with E-state index in [1.165, 1.54) is 31.7 Å². The van der Waals surface area contributed by atoms with Crippen LogP contribution in [0, 0.1) is 28.3 Å². The molecule has 2 nitrogen and oxygen atoms in total. The van der Waals surface area contributed by atoms with Crippen LogP contribution in [0.15, 0.2) is 12.1 Å². The first-order valence-electron chi connectivity index (χ1n) is 7.19. The summed E-state index contributed by atoms with van der Waals surface area (Å²) >= 11 is 11.3. The van der Waals surface area contributed by atoms with Gasteiger partial charge in [0.25, 0.3) is 0 Å². The van der Waals surface area contributed by atoms with Gasteiger partial charge in [-0.2, -0.15) is 0 Å². The van der Waals surface area contributed by atoms with Crippen LogP contribution in [0.4, 0.5) is 4.39 Å². The number of benzene rings is 1. The molecule has 20 heavy (non-hydrogen) atoms. The molecule has 1 aromatic carbocycles. The number of aromatic nitrogens is 2. The van der Waals surface area contributed by atoms with E-state index in [1.807, 2.05) is 0 Å². The Bertz CT molecular complexity index is 735. The van der Waals surface area contributed by atoms with Gasteiger partial charge >= 0.3 is 0 Å². The number of fused-ring (bicyclic) bond motifs is 3. The Hall–Kier alpha value is -0.870. The van der Waals surface area contributed by atoms with Gasteiger partial charge in [0.2, 0.25) is 0 Å². The van der Waals surface area contributed by atoms with Crippen LogP contribution in [-0.2, 0) is 6.54 Å². The van der Waals surface area contributed by atoms with Crippen LogP contribution in [-0.4, -0.2) is 9.55 Å². The highest BCUT2D eigenvalue weighted by Gasteiger charge is 2.39. The van der Waals surface area contributed by atoms with Crippen LogP contribution in [0.2, 0.25) is 5.02 Å². The van der Waals surface area contributed by atoms with Crippen molar-refractivity contribution in [1.82, 2.24) is 9.55 Å². The summed E-state index contributed by atoms with van der Waals surface area (Å²) in [7, 11) is 0. The van der Waals surface area contributed by atoms with Crippen molar-refractivity contribution in [2.45, 2.75) is 32.2 Å². The van der Waals surface area contributed by atoms with Crippen molar-refractivity contribution in [2.24, 2.45) is 17.8 Å². The Morgan fingerprint density at radius 2 is 2.20 bits per heavy atom. The SMILES string of the molecule is Fc1cc2[nH]c(=S)n(CC3CC4CCC3C4)c2cc1Cl. The van der Waals surface area contributed by atoms with Gasteiger partial charge in [0.1, 0.15) is 5.82 Å². The van der Waals surface area contributed by atoms with Crippen molar-refractivity contribution >= 4 is 34.9 Å². The van der Waals surface area contributed by atoms with Crippen LogP contribution in [0.5, 0.6) is 0 Å². The normalized spacial score (nSPS) is 28.6. The third-order valence-corrected chi connectivity index (χ3v) is 5.73. The minimum absolute atomic E-state index is 0.160. The lowest BCUT2D eigenvalue weighted by Crippen LogP contribution is -2.17. The highest BCUT2D eigenvalue weighted by atomic mass is 35.5. The lowest BCUT2D eigenvalue weighted by atomic mass is 9.89. The first-order chi connectivity index (χ1) is 9.61.